The first-order valence-corrected chi connectivity index (χ1v) is 8.99. The van der Waals surface area contributed by atoms with Gasteiger partial charge in [-0.15, -0.1) is 0 Å². The Morgan fingerprint density at radius 3 is 3.17 bits per heavy atom. The Balaban J connectivity index is 2.30. The van der Waals surface area contributed by atoms with E-state index in [0.717, 1.165) is 10.2 Å². The molecule has 66 valence electrons. The highest BCUT2D eigenvalue weighted by Crippen LogP contribution is 2.82. The normalized spacial score (nSPS) is 45.8. The van der Waals surface area contributed by atoms with E-state index >= 15 is 0 Å². The van der Waals surface area contributed by atoms with Crippen molar-refractivity contribution in [1.82, 2.24) is 0 Å². The Morgan fingerprint density at radius 2 is 2.42 bits per heavy atom. The SMILES string of the molecule is CC1=C=C[P+]2(C)SC(C)CC2S1. The maximum Gasteiger partial charge on any atom is 0.135 e. The van der Waals surface area contributed by atoms with Gasteiger partial charge in [0.2, 0.25) is 0 Å². The third-order valence-corrected chi connectivity index (χ3v) is 11.8. The molecule has 0 nitrogen and oxygen atoms in total. The molecule has 0 spiro atoms. The van der Waals surface area contributed by atoms with Crippen LogP contribution in [-0.2, 0) is 0 Å². The smallest absolute Gasteiger partial charge is 0.0768 e. The van der Waals surface area contributed by atoms with Crippen LogP contribution in [0, 0.1) is 0 Å². The zero-order valence-corrected chi connectivity index (χ0v) is 10.2. The Hall–Kier alpha value is 0.650. The van der Waals surface area contributed by atoms with E-state index in [-0.39, 0.29) is 0 Å². The number of rotatable bonds is 0. The fraction of sp³-hybridized carbons (Fsp3) is 0.667. The second-order valence-electron chi connectivity index (χ2n) is 3.61. The van der Waals surface area contributed by atoms with Gasteiger partial charge in [0.1, 0.15) is 17.3 Å². The molecule has 0 aliphatic carbocycles. The van der Waals surface area contributed by atoms with Crippen LogP contribution in [0.4, 0.5) is 0 Å². The van der Waals surface area contributed by atoms with Gasteiger partial charge in [-0.2, -0.15) is 0 Å². The monoisotopic (exact) mass is 217 g/mol. The Bertz CT molecular complexity index is 268. The van der Waals surface area contributed by atoms with Crippen molar-refractivity contribution in [3.63, 3.8) is 0 Å². The van der Waals surface area contributed by atoms with Gasteiger partial charge in [0.15, 0.2) is 0 Å². The van der Waals surface area contributed by atoms with Crippen molar-refractivity contribution in [2.45, 2.75) is 30.5 Å². The van der Waals surface area contributed by atoms with Gasteiger partial charge in [-0.1, -0.05) is 17.5 Å². The molecule has 0 aromatic carbocycles. The van der Waals surface area contributed by atoms with Crippen molar-refractivity contribution in [3.8, 4) is 0 Å². The van der Waals surface area contributed by atoms with E-state index < -0.39 is 6.46 Å². The number of hydrogen-bond donors (Lipinski definition) is 0. The quantitative estimate of drug-likeness (QED) is 0.441. The lowest BCUT2D eigenvalue weighted by Crippen LogP contribution is -2.02. The first-order chi connectivity index (χ1) is 5.60. The van der Waals surface area contributed by atoms with E-state index in [0.29, 0.717) is 0 Å². The molecule has 12 heavy (non-hydrogen) atoms. The minimum atomic E-state index is -0.795. The molecule has 1 fully saturated rings. The molecule has 0 N–H and O–H groups in total. The predicted octanol–water partition coefficient (Wildman–Crippen LogP) is 4.16. The lowest BCUT2D eigenvalue weighted by molar-refractivity contribution is 0.904. The molecule has 0 bridgehead atoms. The Kier molecular flexibility index (Phi) is 2.38. The van der Waals surface area contributed by atoms with E-state index in [1.165, 1.54) is 11.3 Å². The standard InChI is InChI=1S/C9H14PS2/c1-7-4-5-10(3)9(11-7)6-8(2)12-10/h5,8-9H,6H2,1-3H3/q+1. The van der Waals surface area contributed by atoms with Gasteiger partial charge in [-0.25, -0.2) is 0 Å². The Labute approximate surface area is 83.3 Å². The minimum absolute atomic E-state index is 0.795. The van der Waals surface area contributed by atoms with Crippen molar-refractivity contribution in [1.29, 1.82) is 0 Å². The summed E-state index contributed by atoms with van der Waals surface area (Å²) in [4.78, 5) is 2.28. The van der Waals surface area contributed by atoms with Crippen LogP contribution in [0.1, 0.15) is 20.3 Å². The molecule has 0 aromatic heterocycles. The summed E-state index contributed by atoms with van der Waals surface area (Å²) >= 11 is 4.28. The third kappa shape index (κ3) is 1.51. The van der Waals surface area contributed by atoms with Crippen molar-refractivity contribution in [2.75, 3.05) is 6.66 Å². The van der Waals surface area contributed by atoms with E-state index in [1.807, 2.05) is 0 Å². The van der Waals surface area contributed by atoms with Crippen LogP contribution in [0.25, 0.3) is 0 Å². The molecule has 0 aromatic rings. The average molecular weight is 217 g/mol. The summed E-state index contributed by atoms with van der Waals surface area (Å²) < 4.78 is 0. The summed E-state index contributed by atoms with van der Waals surface area (Å²) in [6.45, 7) is 6.20. The molecule has 0 amide bonds. The van der Waals surface area contributed by atoms with Crippen LogP contribution in [0.3, 0.4) is 0 Å². The summed E-state index contributed by atoms with van der Waals surface area (Å²) in [5.74, 6) is 2.39. The lowest BCUT2D eigenvalue weighted by atomic mass is 10.4. The molecule has 2 aliphatic heterocycles. The highest BCUT2D eigenvalue weighted by molar-refractivity contribution is 8.66. The topological polar surface area (TPSA) is 0 Å². The van der Waals surface area contributed by atoms with Gasteiger partial charge < -0.3 is 0 Å². The zero-order valence-electron chi connectivity index (χ0n) is 7.70. The summed E-state index contributed by atoms with van der Waals surface area (Å²) in [5, 5.41) is 0.866. The van der Waals surface area contributed by atoms with E-state index in [1.54, 1.807) is 0 Å². The largest absolute Gasteiger partial charge is 0.135 e. The van der Waals surface area contributed by atoms with Crippen LogP contribution in [-0.4, -0.2) is 16.9 Å². The van der Waals surface area contributed by atoms with E-state index in [9.17, 15) is 0 Å². The molecular formula is C9H14PS2+. The van der Waals surface area contributed by atoms with Gasteiger partial charge >= 0.3 is 0 Å². The van der Waals surface area contributed by atoms with Crippen molar-refractivity contribution >= 4 is 29.6 Å². The summed E-state index contributed by atoms with van der Waals surface area (Å²) in [6.07, 6.45) is 1.40. The van der Waals surface area contributed by atoms with Crippen LogP contribution >= 0.6 is 29.6 Å². The molecule has 2 rings (SSSR count). The second kappa shape index (κ2) is 3.10. The summed E-state index contributed by atoms with van der Waals surface area (Å²) in [6, 6.07) is 0. The fourth-order valence-corrected chi connectivity index (χ4v) is 11.5. The van der Waals surface area contributed by atoms with Crippen molar-refractivity contribution in [2.24, 2.45) is 0 Å². The van der Waals surface area contributed by atoms with Crippen molar-refractivity contribution in [3.05, 3.63) is 16.5 Å². The molecule has 3 atom stereocenters. The number of thioether (sulfide) groups is 1. The van der Waals surface area contributed by atoms with E-state index in [4.69, 9.17) is 0 Å². The first kappa shape index (κ1) is 9.21. The maximum atomic E-state index is 3.40. The van der Waals surface area contributed by atoms with Gasteiger partial charge in [0, 0.05) is 28.0 Å². The molecule has 2 heterocycles. The average Bonchev–Trinajstić information content (AvgIpc) is 2.24. The predicted molar refractivity (Wildman–Crippen MR) is 63.2 cm³/mol. The highest BCUT2D eigenvalue weighted by atomic mass is 32.7. The second-order valence-corrected chi connectivity index (χ2v) is 12.4. The molecule has 3 unspecified atom stereocenters. The van der Waals surface area contributed by atoms with Crippen LogP contribution in [0.15, 0.2) is 16.5 Å². The maximum absolute atomic E-state index is 3.40. The fourth-order valence-electron chi connectivity index (χ4n) is 1.72. The van der Waals surface area contributed by atoms with Gasteiger partial charge in [-0.05, 0) is 13.8 Å². The van der Waals surface area contributed by atoms with Gasteiger partial charge in [0.25, 0.3) is 0 Å². The lowest BCUT2D eigenvalue weighted by Gasteiger charge is -2.20. The van der Waals surface area contributed by atoms with Crippen LogP contribution < -0.4 is 0 Å². The minimum Gasteiger partial charge on any atom is -0.0768 e. The van der Waals surface area contributed by atoms with E-state index in [2.05, 4.69) is 55.2 Å². The molecule has 1 saturated heterocycles. The van der Waals surface area contributed by atoms with Crippen LogP contribution in [0.2, 0.25) is 0 Å². The van der Waals surface area contributed by atoms with Gasteiger partial charge in [0.05, 0.1) is 6.66 Å². The van der Waals surface area contributed by atoms with Gasteiger partial charge in [-0.3, -0.25) is 0 Å². The third-order valence-electron chi connectivity index (χ3n) is 2.35. The first-order valence-electron chi connectivity index (χ1n) is 4.25. The zero-order chi connectivity index (χ0) is 8.77. The van der Waals surface area contributed by atoms with Crippen LogP contribution in [0.5, 0.6) is 0 Å². The van der Waals surface area contributed by atoms with Crippen molar-refractivity contribution < 1.29 is 0 Å². The number of hydrogen-bond acceptors (Lipinski definition) is 2. The highest BCUT2D eigenvalue weighted by Gasteiger charge is 2.51. The number of fused-ring (bicyclic) bond motifs is 1. The summed E-state index contributed by atoms with van der Waals surface area (Å²) in [5.41, 5.74) is 3.40. The number of allylic oxidation sites excluding steroid dienone is 1. The molecule has 0 radical (unpaired) electrons. The molecular weight excluding hydrogens is 203 g/mol. The Morgan fingerprint density at radius 1 is 1.67 bits per heavy atom. The molecule has 3 heteroatoms. The molecule has 2 aliphatic rings. The summed E-state index contributed by atoms with van der Waals surface area (Å²) in [7, 11) is 0. The molecule has 0 saturated carbocycles.